The number of hydrogen-bond donors (Lipinski definition) is 2. The Balaban J connectivity index is 2.51. The molecule has 5 nitrogen and oxygen atoms in total. The first-order valence-electron chi connectivity index (χ1n) is 5.94. The standard InChI is InChI=1S/C13H13BrFNO4S/c1-7-10(6-17)13(8(2)20-7)21(18,19)16-12-5-9(14)3-4-11(12)15/h3-5,16-17H,6H2,1-2H3. The fourth-order valence-electron chi connectivity index (χ4n) is 2.02. The Morgan fingerprint density at radius 1 is 1.33 bits per heavy atom. The van der Waals surface area contributed by atoms with Crippen molar-refractivity contribution in [2.45, 2.75) is 25.3 Å². The van der Waals surface area contributed by atoms with Crippen molar-refractivity contribution < 1.29 is 22.3 Å². The largest absolute Gasteiger partial charge is 0.465 e. The number of anilines is 1. The third-order valence-corrected chi connectivity index (χ3v) is 4.98. The number of sulfonamides is 1. The molecule has 2 aromatic rings. The van der Waals surface area contributed by atoms with Gasteiger partial charge in [-0.1, -0.05) is 15.9 Å². The van der Waals surface area contributed by atoms with Gasteiger partial charge in [0.05, 0.1) is 12.3 Å². The first-order valence-corrected chi connectivity index (χ1v) is 8.21. The molecule has 2 rings (SSSR count). The van der Waals surface area contributed by atoms with Crippen LogP contribution in [0.15, 0.2) is 32.0 Å². The minimum absolute atomic E-state index is 0.138. The summed E-state index contributed by atoms with van der Waals surface area (Å²) in [4.78, 5) is -0.165. The van der Waals surface area contributed by atoms with Crippen molar-refractivity contribution in [2.75, 3.05) is 4.72 Å². The van der Waals surface area contributed by atoms with E-state index in [2.05, 4.69) is 20.7 Å². The fourth-order valence-corrected chi connectivity index (χ4v) is 3.88. The molecule has 0 fully saturated rings. The van der Waals surface area contributed by atoms with Crippen LogP contribution in [-0.2, 0) is 16.6 Å². The molecule has 8 heteroatoms. The Hall–Kier alpha value is -1.38. The van der Waals surface area contributed by atoms with Crippen molar-refractivity contribution in [1.82, 2.24) is 0 Å². The molecular weight excluding hydrogens is 365 g/mol. The van der Waals surface area contributed by atoms with E-state index < -0.39 is 22.4 Å². The fraction of sp³-hybridized carbons (Fsp3) is 0.231. The van der Waals surface area contributed by atoms with E-state index in [4.69, 9.17) is 4.42 Å². The van der Waals surface area contributed by atoms with Crippen LogP contribution in [0.4, 0.5) is 10.1 Å². The van der Waals surface area contributed by atoms with E-state index in [0.717, 1.165) is 6.07 Å². The van der Waals surface area contributed by atoms with Gasteiger partial charge < -0.3 is 9.52 Å². The Morgan fingerprint density at radius 2 is 2.00 bits per heavy atom. The van der Waals surface area contributed by atoms with Gasteiger partial charge in [0.1, 0.15) is 22.2 Å². The maximum Gasteiger partial charge on any atom is 0.265 e. The van der Waals surface area contributed by atoms with Crippen molar-refractivity contribution in [3.8, 4) is 0 Å². The number of aryl methyl sites for hydroxylation is 2. The minimum atomic E-state index is -4.07. The molecule has 0 aliphatic carbocycles. The van der Waals surface area contributed by atoms with Gasteiger partial charge in [0.2, 0.25) is 0 Å². The predicted molar refractivity (Wildman–Crippen MR) is 79.0 cm³/mol. The quantitative estimate of drug-likeness (QED) is 0.857. The van der Waals surface area contributed by atoms with Crippen molar-refractivity contribution in [3.63, 3.8) is 0 Å². The van der Waals surface area contributed by atoms with Crippen LogP contribution < -0.4 is 4.72 Å². The molecule has 0 aliphatic rings. The second kappa shape index (κ2) is 5.78. The lowest BCUT2D eigenvalue weighted by Crippen LogP contribution is -2.16. The summed E-state index contributed by atoms with van der Waals surface area (Å²) in [5, 5.41) is 9.31. The van der Waals surface area contributed by atoms with Gasteiger partial charge >= 0.3 is 0 Å². The molecule has 2 N–H and O–H groups in total. The topological polar surface area (TPSA) is 79.5 Å². The van der Waals surface area contributed by atoms with Gasteiger partial charge in [-0.25, -0.2) is 12.8 Å². The Morgan fingerprint density at radius 3 is 2.62 bits per heavy atom. The van der Waals surface area contributed by atoms with Gasteiger partial charge in [0.15, 0.2) is 0 Å². The first-order chi connectivity index (χ1) is 9.76. The minimum Gasteiger partial charge on any atom is -0.465 e. The van der Waals surface area contributed by atoms with Crippen LogP contribution in [0.1, 0.15) is 17.1 Å². The zero-order chi connectivity index (χ0) is 15.8. The van der Waals surface area contributed by atoms with Gasteiger partial charge in [-0.15, -0.1) is 0 Å². The summed E-state index contributed by atoms with van der Waals surface area (Å²) in [6, 6.07) is 3.91. The van der Waals surface area contributed by atoms with E-state index in [1.807, 2.05) is 0 Å². The highest BCUT2D eigenvalue weighted by Gasteiger charge is 2.27. The van der Waals surface area contributed by atoms with Gasteiger partial charge in [0.25, 0.3) is 10.0 Å². The third-order valence-electron chi connectivity index (χ3n) is 2.92. The van der Waals surface area contributed by atoms with Gasteiger partial charge in [-0.05, 0) is 32.0 Å². The zero-order valence-corrected chi connectivity index (χ0v) is 13.7. The van der Waals surface area contributed by atoms with E-state index in [-0.39, 0.29) is 21.9 Å². The van der Waals surface area contributed by atoms with Gasteiger partial charge in [-0.2, -0.15) is 0 Å². The number of benzene rings is 1. The third kappa shape index (κ3) is 3.12. The number of aliphatic hydroxyl groups is 1. The molecule has 0 saturated heterocycles. The molecule has 0 amide bonds. The lowest BCUT2D eigenvalue weighted by atomic mass is 10.2. The average Bonchev–Trinajstić information content (AvgIpc) is 2.68. The van der Waals surface area contributed by atoms with E-state index in [1.54, 1.807) is 6.92 Å². The monoisotopic (exact) mass is 377 g/mol. The molecule has 21 heavy (non-hydrogen) atoms. The van der Waals surface area contributed by atoms with Gasteiger partial charge in [0, 0.05) is 10.0 Å². The Labute approximate surface area is 130 Å². The first kappa shape index (κ1) is 16.0. The number of furan rings is 1. The maximum atomic E-state index is 13.7. The zero-order valence-electron chi connectivity index (χ0n) is 11.3. The highest BCUT2D eigenvalue weighted by atomic mass is 79.9. The van der Waals surface area contributed by atoms with Crippen LogP contribution >= 0.6 is 15.9 Å². The molecule has 0 atom stereocenters. The van der Waals surface area contributed by atoms with E-state index in [1.165, 1.54) is 19.1 Å². The average molecular weight is 378 g/mol. The Bertz CT molecular complexity index is 786. The van der Waals surface area contributed by atoms with Crippen molar-refractivity contribution >= 4 is 31.6 Å². The molecule has 0 spiro atoms. The van der Waals surface area contributed by atoms with Crippen LogP contribution in [0.3, 0.4) is 0 Å². The Kier molecular flexibility index (Phi) is 4.40. The summed E-state index contributed by atoms with van der Waals surface area (Å²) in [6.45, 7) is 2.54. The van der Waals surface area contributed by atoms with Crippen LogP contribution in [-0.4, -0.2) is 13.5 Å². The molecule has 0 unspecified atom stereocenters. The maximum absolute atomic E-state index is 13.7. The normalized spacial score (nSPS) is 11.7. The molecule has 1 aromatic carbocycles. The number of halogens is 2. The van der Waals surface area contributed by atoms with Crippen molar-refractivity contribution in [1.29, 1.82) is 0 Å². The molecular formula is C13H13BrFNO4S. The van der Waals surface area contributed by atoms with E-state index >= 15 is 0 Å². The molecule has 0 saturated carbocycles. The predicted octanol–water partition coefficient (Wildman–Crippen LogP) is 3.09. The van der Waals surface area contributed by atoms with Crippen LogP contribution in [0, 0.1) is 19.7 Å². The highest BCUT2D eigenvalue weighted by molar-refractivity contribution is 9.10. The number of rotatable bonds is 4. The summed E-state index contributed by atoms with van der Waals surface area (Å²) in [7, 11) is -4.07. The van der Waals surface area contributed by atoms with Crippen molar-refractivity contribution in [3.05, 3.63) is 45.6 Å². The molecule has 0 bridgehead atoms. The van der Waals surface area contributed by atoms with Crippen LogP contribution in [0.5, 0.6) is 0 Å². The van der Waals surface area contributed by atoms with E-state index in [0.29, 0.717) is 10.2 Å². The van der Waals surface area contributed by atoms with Crippen LogP contribution in [0.25, 0.3) is 0 Å². The summed E-state index contributed by atoms with van der Waals surface area (Å²) < 4.78 is 46.4. The SMILES string of the molecule is Cc1oc(C)c(S(=O)(=O)Nc2cc(Br)ccc2F)c1CO. The summed E-state index contributed by atoms with van der Waals surface area (Å²) in [5.74, 6) is -0.255. The second-order valence-corrected chi connectivity index (χ2v) is 6.94. The van der Waals surface area contributed by atoms with E-state index in [9.17, 15) is 17.9 Å². The summed E-state index contributed by atoms with van der Waals surface area (Å²) in [5.41, 5.74) is -0.0260. The molecule has 114 valence electrons. The molecule has 1 heterocycles. The number of nitrogens with one attached hydrogen (secondary N) is 1. The second-order valence-electron chi connectivity index (χ2n) is 4.41. The lowest BCUT2D eigenvalue weighted by molar-refractivity contribution is 0.276. The molecule has 0 aliphatic heterocycles. The number of aliphatic hydroxyl groups excluding tert-OH is 1. The van der Waals surface area contributed by atoms with Gasteiger partial charge in [-0.3, -0.25) is 4.72 Å². The summed E-state index contributed by atoms with van der Waals surface area (Å²) >= 11 is 3.15. The highest BCUT2D eigenvalue weighted by Crippen LogP contribution is 2.29. The summed E-state index contributed by atoms with van der Waals surface area (Å²) in [6.07, 6.45) is 0. The van der Waals surface area contributed by atoms with Crippen molar-refractivity contribution in [2.24, 2.45) is 0 Å². The molecule has 0 radical (unpaired) electrons. The lowest BCUT2D eigenvalue weighted by Gasteiger charge is -2.10. The smallest absolute Gasteiger partial charge is 0.265 e. The van der Waals surface area contributed by atoms with Crippen LogP contribution in [0.2, 0.25) is 0 Å². The number of hydrogen-bond acceptors (Lipinski definition) is 4. The molecule has 1 aromatic heterocycles.